The minimum Gasteiger partial charge on any atom is -0.393 e. The number of aliphatic hydroxyl groups excluding tert-OH is 1. The van der Waals surface area contributed by atoms with E-state index in [1.807, 2.05) is 0 Å². The third kappa shape index (κ3) is 1.25. The van der Waals surface area contributed by atoms with Crippen molar-refractivity contribution < 1.29 is 5.11 Å². The molecule has 1 nitrogen and oxygen atoms in total. The number of hydrogen-bond acceptors (Lipinski definition) is 1. The maximum Gasteiger partial charge on any atom is 0.0607 e. The first kappa shape index (κ1) is 10.5. The van der Waals surface area contributed by atoms with Crippen molar-refractivity contribution >= 4 is 0 Å². The van der Waals surface area contributed by atoms with Crippen LogP contribution < -0.4 is 0 Å². The lowest BCUT2D eigenvalue weighted by Gasteiger charge is -2.19. The Morgan fingerprint density at radius 1 is 1.00 bits per heavy atom. The van der Waals surface area contributed by atoms with Crippen molar-refractivity contribution in [1.29, 1.82) is 0 Å². The van der Waals surface area contributed by atoms with Gasteiger partial charge in [0.05, 0.1) is 6.10 Å². The van der Waals surface area contributed by atoms with Crippen LogP contribution in [0.3, 0.4) is 0 Å². The first-order chi connectivity index (χ1) is 6.39. The molecular weight excluding hydrogens is 172 g/mol. The smallest absolute Gasteiger partial charge is 0.0607 e. The summed E-state index contributed by atoms with van der Waals surface area (Å²) >= 11 is 0. The summed E-state index contributed by atoms with van der Waals surface area (Å²) in [5.74, 6) is 1.12. The molecule has 0 aliphatic heterocycles. The molecule has 1 N–H and O–H groups in total. The van der Waals surface area contributed by atoms with E-state index in [0.717, 1.165) is 0 Å². The predicted octanol–water partition coefficient (Wildman–Crippen LogP) is 3.22. The Morgan fingerprint density at radius 2 is 1.43 bits per heavy atom. The van der Waals surface area contributed by atoms with E-state index in [2.05, 4.69) is 27.7 Å². The molecule has 1 heteroatoms. The molecule has 0 aromatic heterocycles. The molecule has 0 heterocycles. The molecule has 0 bridgehead atoms. The lowest BCUT2D eigenvalue weighted by Crippen LogP contribution is -2.23. The summed E-state index contributed by atoms with van der Waals surface area (Å²) in [6, 6.07) is 0. The Labute approximate surface area is 87.9 Å². The highest BCUT2D eigenvalue weighted by Crippen LogP contribution is 2.70. The minimum atomic E-state index is -0.0394. The molecule has 1 atom stereocenters. The van der Waals surface area contributed by atoms with E-state index in [4.69, 9.17) is 0 Å². The second kappa shape index (κ2) is 2.98. The first-order valence-electron chi connectivity index (χ1n) is 6.07. The third-order valence-electron chi connectivity index (χ3n) is 5.36. The fourth-order valence-electron chi connectivity index (χ4n) is 3.67. The topological polar surface area (TPSA) is 20.2 Å². The molecule has 2 aliphatic carbocycles. The van der Waals surface area contributed by atoms with Crippen molar-refractivity contribution in [2.45, 2.75) is 59.5 Å². The van der Waals surface area contributed by atoms with Gasteiger partial charge in [-0.1, -0.05) is 40.5 Å². The maximum atomic E-state index is 10.4. The van der Waals surface area contributed by atoms with Crippen LogP contribution in [0.1, 0.15) is 53.4 Å². The van der Waals surface area contributed by atoms with Crippen LogP contribution in [0.2, 0.25) is 0 Å². The third-order valence-corrected chi connectivity index (χ3v) is 5.36. The molecule has 0 aromatic carbocycles. The van der Waals surface area contributed by atoms with Gasteiger partial charge in [-0.05, 0) is 35.5 Å². The summed E-state index contributed by atoms with van der Waals surface area (Å²) in [5.41, 5.74) is 0.685. The largest absolute Gasteiger partial charge is 0.393 e. The van der Waals surface area contributed by atoms with Crippen LogP contribution in [0.25, 0.3) is 0 Å². The standard InChI is InChI=1S/C13H24O/c1-12(2)11(13(12,3)4)10(14)9-7-5-6-8-9/h9-11,14H,5-8H2,1-4H3. The Bertz CT molecular complexity index is 209. The molecule has 0 aromatic rings. The highest BCUT2D eigenvalue weighted by atomic mass is 16.3. The van der Waals surface area contributed by atoms with Crippen molar-refractivity contribution in [2.75, 3.05) is 0 Å². The number of rotatable bonds is 2. The Hall–Kier alpha value is -0.0400. The molecule has 0 amide bonds. The zero-order chi connectivity index (χ0) is 10.6. The van der Waals surface area contributed by atoms with Crippen molar-refractivity contribution in [1.82, 2.24) is 0 Å². The summed E-state index contributed by atoms with van der Waals surface area (Å²) in [5, 5.41) is 10.4. The van der Waals surface area contributed by atoms with Gasteiger partial charge >= 0.3 is 0 Å². The normalized spacial score (nSPS) is 33.2. The minimum absolute atomic E-state index is 0.0394. The summed E-state index contributed by atoms with van der Waals surface area (Å²) < 4.78 is 0. The molecule has 0 radical (unpaired) electrons. The SMILES string of the molecule is CC1(C)C(C(O)C2CCCC2)C1(C)C. The van der Waals surface area contributed by atoms with Gasteiger partial charge in [-0.15, -0.1) is 0 Å². The summed E-state index contributed by atoms with van der Waals surface area (Å²) in [6.07, 6.45) is 5.13. The predicted molar refractivity (Wildman–Crippen MR) is 59.0 cm³/mol. The van der Waals surface area contributed by atoms with Gasteiger partial charge in [0, 0.05) is 0 Å². The van der Waals surface area contributed by atoms with Crippen molar-refractivity contribution in [3.8, 4) is 0 Å². The fourth-order valence-corrected chi connectivity index (χ4v) is 3.67. The lowest BCUT2D eigenvalue weighted by atomic mass is 9.93. The van der Waals surface area contributed by atoms with E-state index < -0.39 is 0 Å². The van der Waals surface area contributed by atoms with Gasteiger partial charge < -0.3 is 5.11 Å². The average Bonchev–Trinajstić information content (AvgIpc) is 2.53. The molecule has 2 fully saturated rings. The van der Waals surface area contributed by atoms with Gasteiger partial charge in [-0.25, -0.2) is 0 Å². The monoisotopic (exact) mass is 196 g/mol. The summed E-state index contributed by atoms with van der Waals surface area (Å²) in [7, 11) is 0. The van der Waals surface area contributed by atoms with Crippen LogP contribution >= 0.6 is 0 Å². The van der Waals surface area contributed by atoms with Gasteiger partial charge in [0.25, 0.3) is 0 Å². The van der Waals surface area contributed by atoms with Crippen molar-refractivity contribution in [3.05, 3.63) is 0 Å². The molecular formula is C13H24O. The van der Waals surface area contributed by atoms with E-state index in [-0.39, 0.29) is 6.10 Å². The highest BCUT2D eigenvalue weighted by Gasteiger charge is 2.67. The molecule has 0 saturated heterocycles. The van der Waals surface area contributed by atoms with Crippen LogP contribution in [-0.2, 0) is 0 Å². The van der Waals surface area contributed by atoms with E-state index in [1.165, 1.54) is 25.7 Å². The fraction of sp³-hybridized carbons (Fsp3) is 1.00. The van der Waals surface area contributed by atoms with Gasteiger partial charge in [-0.2, -0.15) is 0 Å². The van der Waals surface area contributed by atoms with Crippen LogP contribution in [0, 0.1) is 22.7 Å². The Balaban J connectivity index is 2.03. The van der Waals surface area contributed by atoms with Crippen molar-refractivity contribution in [2.24, 2.45) is 22.7 Å². The average molecular weight is 196 g/mol. The van der Waals surface area contributed by atoms with Crippen molar-refractivity contribution in [3.63, 3.8) is 0 Å². The zero-order valence-electron chi connectivity index (χ0n) is 10.0. The van der Waals surface area contributed by atoms with Gasteiger partial charge in [0.2, 0.25) is 0 Å². The van der Waals surface area contributed by atoms with Gasteiger partial charge in [0.15, 0.2) is 0 Å². The highest BCUT2D eigenvalue weighted by molar-refractivity contribution is 5.15. The zero-order valence-corrected chi connectivity index (χ0v) is 10.0. The first-order valence-corrected chi connectivity index (χ1v) is 6.07. The van der Waals surface area contributed by atoms with Crippen LogP contribution in [-0.4, -0.2) is 11.2 Å². The van der Waals surface area contributed by atoms with E-state index in [0.29, 0.717) is 22.7 Å². The lowest BCUT2D eigenvalue weighted by molar-refractivity contribution is 0.0711. The van der Waals surface area contributed by atoms with Crippen LogP contribution in [0.4, 0.5) is 0 Å². The molecule has 1 unspecified atom stereocenters. The summed E-state index contributed by atoms with van der Waals surface area (Å²) in [6.45, 7) is 9.21. The molecule has 0 spiro atoms. The second-order valence-corrected chi connectivity index (χ2v) is 6.46. The molecule has 14 heavy (non-hydrogen) atoms. The molecule has 2 rings (SSSR count). The van der Waals surface area contributed by atoms with E-state index >= 15 is 0 Å². The Kier molecular flexibility index (Phi) is 2.23. The molecule has 2 aliphatic rings. The maximum absolute atomic E-state index is 10.4. The quantitative estimate of drug-likeness (QED) is 0.719. The number of aliphatic hydroxyl groups is 1. The van der Waals surface area contributed by atoms with E-state index in [1.54, 1.807) is 0 Å². The van der Waals surface area contributed by atoms with E-state index in [9.17, 15) is 5.11 Å². The van der Waals surface area contributed by atoms with Crippen LogP contribution in [0.5, 0.6) is 0 Å². The second-order valence-electron chi connectivity index (χ2n) is 6.46. The van der Waals surface area contributed by atoms with Crippen LogP contribution in [0.15, 0.2) is 0 Å². The molecule has 82 valence electrons. The number of hydrogen-bond donors (Lipinski definition) is 1. The Morgan fingerprint density at radius 3 is 1.79 bits per heavy atom. The summed E-state index contributed by atoms with van der Waals surface area (Å²) in [4.78, 5) is 0. The van der Waals surface area contributed by atoms with Gasteiger partial charge in [0.1, 0.15) is 0 Å². The molecule has 2 saturated carbocycles. The van der Waals surface area contributed by atoms with Gasteiger partial charge in [-0.3, -0.25) is 0 Å².